The van der Waals surface area contributed by atoms with Crippen LogP contribution in [0.4, 0.5) is 0 Å². The van der Waals surface area contributed by atoms with Crippen LogP contribution in [-0.2, 0) is 4.79 Å². The number of amides is 1. The van der Waals surface area contributed by atoms with Crippen LogP contribution in [0.15, 0.2) is 16.8 Å². The molecule has 2 unspecified atom stereocenters. The van der Waals surface area contributed by atoms with E-state index in [4.69, 9.17) is 5.73 Å². The number of thiophene rings is 1. The molecule has 90 valence electrons. The van der Waals surface area contributed by atoms with Gasteiger partial charge in [-0.05, 0) is 28.8 Å². The van der Waals surface area contributed by atoms with Gasteiger partial charge in [0.2, 0.25) is 5.91 Å². The van der Waals surface area contributed by atoms with Crippen LogP contribution in [0.5, 0.6) is 0 Å². The number of hydrogen-bond donors (Lipinski definition) is 3. The smallest absolute Gasteiger partial charge is 0.224 e. The first-order valence-corrected chi connectivity index (χ1v) is 6.31. The van der Waals surface area contributed by atoms with E-state index in [1.165, 1.54) is 11.3 Å². The molecular formula is C11H18N2O2S. The molecule has 2 atom stereocenters. The number of aliphatic hydroxyl groups excluding tert-OH is 1. The minimum Gasteiger partial charge on any atom is -0.387 e. The maximum absolute atomic E-state index is 11.6. The van der Waals surface area contributed by atoms with Crippen molar-refractivity contribution in [2.45, 2.75) is 19.4 Å². The normalized spacial score (nSPS) is 14.4. The van der Waals surface area contributed by atoms with Gasteiger partial charge in [0.15, 0.2) is 0 Å². The van der Waals surface area contributed by atoms with Crippen LogP contribution in [0.25, 0.3) is 0 Å². The highest BCUT2D eigenvalue weighted by atomic mass is 32.1. The van der Waals surface area contributed by atoms with Gasteiger partial charge in [-0.1, -0.05) is 6.92 Å². The predicted molar refractivity (Wildman–Crippen MR) is 65.1 cm³/mol. The lowest BCUT2D eigenvalue weighted by Gasteiger charge is -2.15. The molecule has 0 aromatic carbocycles. The molecule has 1 amide bonds. The number of aliphatic hydroxyl groups is 1. The second-order valence-electron chi connectivity index (χ2n) is 3.66. The number of rotatable bonds is 6. The molecule has 0 radical (unpaired) electrons. The summed E-state index contributed by atoms with van der Waals surface area (Å²) in [4.78, 5) is 11.6. The summed E-state index contributed by atoms with van der Waals surface area (Å²) in [5.41, 5.74) is 6.30. The van der Waals surface area contributed by atoms with Crippen LogP contribution in [0.1, 0.15) is 25.0 Å². The Hall–Kier alpha value is -0.910. The van der Waals surface area contributed by atoms with Crippen LogP contribution < -0.4 is 11.1 Å². The van der Waals surface area contributed by atoms with Crippen molar-refractivity contribution in [3.8, 4) is 0 Å². The summed E-state index contributed by atoms with van der Waals surface area (Å²) in [7, 11) is 0. The van der Waals surface area contributed by atoms with Crippen molar-refractivity contribution in [1.82, 2.24) is 5.32 Å². The van der Waals surface area contributed by atoms with Gasteiger partial charge in [-0.2, -0.15) is 11.3 Å². The van der Waals surface area contributed by atoms with Crippen molar-refractivity contribution in [3.05, 3.63) is 22.4 Å². The predicted octanol–water partition coefficient (Wildman–Crippen LogP) is 0.883. The summed E-state index contributed by atoms with van der Waals surface area (Å²) in [5.74, 6) is -0.242. The monoisotopic (exact) mass is 242 g/mol. The van der Waals surface area contributed by atoms with Crippen molar-refractivity contribution >= 4 is 17.2 Å². The Morgan fingerprint density at radius 2 is 2.44 bits per heavy atom. The molecule has 0 aliphatic rings. The standard InChI is InChI=1S/C11H18N2O2S/c1-2-8(5-12)11(15)13-6-10(14)9-3-4-16-7-9/h3-4,7-8,10,14H,2,5-6,12H2,1H3,(H,13,15). The summed E-state index contributed by atoms with van der Waals surface area (Å²) in [5, 5.41) is 16.2. The van der Waals surface area contributed by atoms with E-state index in [1.54, 1.807) is 0 Å². The minimum absolute atomic E-state index is 0.0840. The lowest BCUT2D eigenvalue weighted by Crippen LogP contribution is -2.36. The Bertz CT molecular complexity index is 310. The van der Waals surface area contributed by atoms with Crippen LogP contribution >= 0.6 is 11.3 Å². The third kappa shape index (κ3) is 3.59. The lowest BCUT2D eigenvalue weighted by atomic mass is 10.1. The fraction of sp³-hybridized carbons (Fsp3) is 0.545. The zero-order chi connectivity index (χ0) is 12.0. The average Bonchev–Trinajstić information content (AvgIpc) is 2.81. The summed E-state index contributed by atoms with van der Waals surface area (Å²) in [6.45, 7) is 2.51. The van der Waals surface area contributed by atoms with E-state index in [-0.39, 0.29) is 18.4 Å². The van der Waals surface area contributed by atoms with Crippen LogP contribution in [0.2, 0.25) is 0 Å². The largest absolute Gasteiger partial charge is 0.387 e. The first kappa shape index (κ1) is 13.2. The van der Waals surface area contributed by atoms with Crippen molar-refractivity contribution in [3.63, 3.8) is 0 Å². The van der Waals surface area contributed by atoms with Gasteiger partial charge in [-0.25, -0.2) is 0 Å². The highest BCUT2D eigenvalue weighted by molar-refractivity contribution is 7.07. The molecule has 0 bridgehead atoms. The third-order valence-electron chi connectivity index (χ3n) is 2.55. The van der Waals surface area contributed by atoms with Crippen molar-refractivity contribution in [2.75, 3.05) is 13.1 Å². The van der Waals surface area contributed by atoms with E-state index in [0.717, 1.165) is 12.0 Å². The molecule has 1 aromatic rings. The molecule has 0 spiro atoms. The van der Waals surface area contributed by atoms with Gasteiger partial charge in [0.05, 0.1) is 6.10 Å². The molecule has 1 aromatic heterocycles. The SMILES string of the molecule is CCC(CN)C(=O)NCC(O)c1ccsc1. The van der Waals surface area contributed by atoms with Crippen molar-refractivity contribution in [1.29, 1.82) is 0 Å². The Kier molecular flexibility index (Phi) is 5.45. The quantitative estimate of drug-likeness (QED) is 0.693. The van der Waals surface area contributed by atoms with E-state index in [2.05, 4.69) is 5.32 Å². The fourth-order valence-corrected chi connectivity index (χ4v) is 2.09. The van der Waals surface area contributed by atoms with E-state index in [0.29, 0.717) is 6.54 Å². The zero-order valence-electron chi connectivity index (χ0n) is 9.35. The molecular weight excluding hydrogens is 224 g/mol. The second-order valence-corrected chi connectivity index (χ2v) is 4.44. The van der Waals surface area contributed by atoms with Gasteiger partial charge in [0.25, 0.3) is 0 Å². The molecule has 1 heterocycles. The molecule has 1 rings (SSSR count). The lowest BCUT2D eigenvalue weighted by molar-refractivity contribution is -0.125. The first-order valence-electron chi connectivity index (χ1n) is 5.37. The molecule has 16 heavy (non-hydrogen) atoms. The maximum atomic E-state index is 11.6. The van der Waals surface area contributed by atoms with E-state index in [9.17, 15) is 9.90 Å². The number of hydrogen-bond acceptors (Lipinski definition) is 4. The number of carbonyl (C=O) groups is 1. The molecule has 0 saturated carbocycles. The molecule has 4 N–H and O–H groups in total. The Balaban J connectivity index is 2.37. The zero-order valence-corrected chi connectivity index (χ0v) is 10.2. The highest BCUT2D eigenvalue weighted by Crippen LogP contribution is 2.15. The van der Waals surface area contributed by atoms with Gasteiger partial charge >= 0.3 is 0 Å². The van der Waals surface area contributed by atoms with Gasteiger partial charge in [0, 0.05) is 19.0 Å². The number of nitrogens with two attached hydrogens (primary N) is 1. The van der Waals surface area contributed by atoms with E-state index < -0.39 is 6.10 Å². The summed E-state index contributed by atoms with van der Waals surface area (Å²) >= 11 is 1.52. The van der Waals surface area contributed by atoms with Gasteiger partial charge < -0.3 is 16.2 Å². The summed E-state index contributed by atoms with van der Waals surface area (Å²) in [6, 6.07) is 1.85. The van der Waals surface area contributed by atoms with Crippen LogP contribution in [0.3, 0.4) is 0 Å². The number of carbonyl (C=O) groups excluding carboxylic acids is 1. The average molecular weight is 242 g/mol. The Labute approximate surface area is 99.5 Å². The summed E-state index contributed by atoms with van der Waals surface area (Å²) in [6.07, 6.45) is 0.0853. The highest BCUT2D eigenvalue weighted by Gasteiger charge is 2.16. The minimum atomic E-state index is -0.634. The van der Waals surface area contributed by atoms with Crippen molar-refractivity contribution < 1.29 is 9.90 Å². The van der Waals surface area contributed by atoms with Gasteiger partial charge in [-0.15, -0.1) is 0 Å². The number of nitrogens with one attached hydrogen (secondary N) is 1. The molecule has 5 heteroatoms. The summed E-state index contributed by atoms with van der Waals surface area (Å²) < 4.78 is 0. The second kappa shape index (κ2) is 6.62. The molecule has 4 nitrogen and oxygen atoms in total. The van der Waals surface area contributed by atoms with Crippen LogP contribution in [-0.4, -0.2) is 24.1 Å². The van der Waals surface area contributed by atoms with Crippen molar-refractivity contribution in [2.24, 2.45) is 11.7 Å². The molecule has 0 saturated heterocycles. The molecule has 0 aliphatic heterocycles. The van der Waals surface area contributed by atoms with Gasteiger partial charge in [-0.3, -0.25) is 4.79 Å². The topological polar surface area (TPSA) is 75.4 Å². The Morgan fingerprint density at radius 3 is 2.94 bits per heavy atom. The van der Waals surface area contributed by atoms with Gasteiger partial charge in [0.1, 0.15) is 0 Å². The van der Waals surface area contributed by atoms with Crippen LogP contribution in [0, 0.1) is 5.92 Å². The maximum Gasteiger partial charge on any atom is 0.224 e. The fourth-order valence-electron chi connectivity index (χ4n) is 1.38. The molecule has 0 aliphatic carbocycles. The first-order chi connectivity index (χ1) is 7.69. The molecule has 0 fully saturated rings. The third-order valence-corrected chi connectivity index (χ3v) is 3.25. The Morgan fingerprint density at radius 1 is 1.69 bits per heavy atom. The van der Waals surface area contributed by atoms with E-state index in [1.807, 2.05) is 23.8 Å². The van der Waals surface area contributed by atoms with E-state index >= 15 is 0 Å².